The van der Waals surface area contributed by atoms with Crippen molar-refractivity contribution in [3.05, 3.63) is 47.4 Å². The van der Waals surface area contributed by atoms with Gasteiger partial charge in [0.15, 0.2) is 17.5 Å². The number of carbonyl (C=O) groups excluding carboxylic acids is 2. The Bertz CT molecular complexity index is 923. The molecule has 0 saturated carbocycles. The van der Waals surface area contributed by atoms with Crippen molar-refractivity contribution < 1.29 is 18.4 Å². The lowest BCUT2D eigenvalue weighted by Gasteiger charge is -2.34. The minimum Gasteiger partial charge on any atom is -0.448 e. The van der Waals surface area contributed by atoms with Gasteiger partial charge in [-0.25, -0.2) is 14.4 Å². The van der Waals surface area contributed by atoms with Crippen LogP contribution in [-0.4, -0.2) is 34.7 Å². The molecule has 26 heavy (non-hydrogen) atoms. The third-order valence-electron chi connectivity index (χ3n) is 4.23. The summed E-state index contributed by atoms with van der Waals surface area (Å²) in [6.45, 7) is 3.24. The summed E-state index contributed by atoms with van der Waals surface area (Å²) < 4.78 is 19.4. The van der Waals surface area contributed by atoms with Crippen LogP contribution in [0.5, 0.6) is 0 Å². The second-order valence-electron chi connectivity index (χ2n) is 6.27. The zero-order chi connectivity index (χ0) is 19.1. The molecule has 9 heteroatoms. The number of amides is 2. The highest BCUT2D eigenvalue weighted by molar-refractivity contribution is 6.02. The largest absolute Gasteiger partial charge is 0.448 e. The van der Waals surface area contributed by atoms with Crippen LogP contribution in [0, 0.1) is 12.7 Å². The molecule has 0 saturated heterocycles. The van der Waals surface area contributed by atoms with E-state index in [1.165, 1.54) is 36.4 Å². The monoisotopic (exact) mass is 359 g/mol. The van der Waals surface area contributed by atoms with E-state index >= 15 is 0 Å². The topological polar surface area (TPSA) is 114 Å². The number of anilines is 1. The summed E-state index contributed by atoms with van der Waals surface area (Å²) in [5.74, 6) is -0.941. The molecule has 2 aromatic rings. The third kappa shape index (κ3) is 3.15. The average molecular weight is 359 g/mol. The standard InChI is InChI=1S/C17H18FN5O3/c1-9-20-13(8-26-9)15(25)21-10-4-5-12(18)11(6-10)17(2)7-14(24)23(3)16(19)22-17/h4-6,8H,7H2,1-3H3,(H2,19,22)(H,21,25). The fourth-order valence-electron chi connectivity index (χ4n) is 2.74. The number of aliphatic imine (C=N–C) groups is 1. The summed E-state index contributed by atoms with van der Waals surface area (Å²) in [7, 11) is 1.51. The maximum atomic E-state index is 14.4. The molecule has 0 aliphatic carbocycles. The minimum absolute atomic E-state index is 0.00987. The summed E-state index contributed by atoms with van der Waals surface area (Å²) in [6, 6.07) is 4.06. The van der Waals surface area contributed by atoms with Crippen LogP contribution in [0.25, 0.3) is 0 Å². The van der Waals surface area contributed by atoms with Gasteiger partial charge in [0.2, 0.25) is 5.91 Å². The van der Waals surface area contributed by atoms with Crippen molar-refractivity contribution in [2.45, 2.75) is 25.8 Å². The molecular weight excluding hydrogens is 341 g/mol. The highest BCUT2D eigenvalue weighted by atomic mass is 19.1. The first-order valence-electron chi connectivity index (χ1n) is 7.85. The number of aryl methyl sites for hydroxylation is 1. The highest BCUT2D eigenvalue weighted by Gasteiger charge is 2.38. The number of hydrogen-bond donors (Lipinski definition) is 2. The van der Waals surface area contributed by atoms with Gasteiger partial charge in [-0.3, -0.25) is 14.5 Å². The number of guanidine groups is 1. The Balaban J connectivity index is 1.93. The van der Waals surface area contributed by atoms with Crippen LogP contribution in [-0.2, 0) is 10.3 Å². The molecular formula is C17H18FN5O3. The Morgan fingerprint density at radius 2 is 2.19 bits per heavy atom. The van der Waals surface area contributed by atoms with E-state index in [4.69, 9.17) is 10.2 Å². The number of aromatic nitrogens is 1. The van der Waals surface area contributed by atoms with E-state index in [9.17, 15) is 14.0 Å². The summed E-state index contributed by atoms with van der Waals surface area (Å²) in [5, 5.41) is 2.62. The molecule has 0 fully saturated rings. The number of rotatable bonds is 3. The lowest BCUT2D eigenvalue weighted by molar-refractivity contribution is -0.128. The number of nitrogens with two attached hydrogens (primary N) is 1. The van der Waals surface area contributed by atoms with Gasteiger partial charge in [-0.2, -0.15) is 0 Å². The summed E-state index contributed by atoms with van der Waals surface area (Å²) in [4.78, 5) is 33.7. The maximum Gasteiger partial charge on any atom is 0.277 e. The first-order chi connectivity index (χ1) is 12.2. The summed E-state index contributed by atoms with van der Waals surface area (Å²) >= 11 is 0. The van der Waals surface area contributed by atoms with E-state index in [1.807, 2.05) is 0 Å². The Hall–Kier alpha value is -3.23. The first kappa shape index (κ1) is 17.6. The second-order valence-corrected chi connectivity index (χ2v) is 6.27. The van der Waals surface area contributed by atoms with E-state index in [2.05, 4.69) is 15.3 Å². The smallest absolute Gasteiger partial charge is 0.277 e. The van der Waals surface area contributed by atoms with Crippen molar-refractivity contribution >= 4 is 23.5 Å². The van der Waals surface area contributed by atoms with E-state index in [0.717, 1.165) is 0 Å². The zero-order valence-electron chi connectivity index (χ0n) is 14.5. The fraction of sp³-hybridized carbons (Fsp3) is 0.294. The van der Waals surface area contributed by atoms with Crippen molar-refractivity contribution in [2.75, 3.05) is 12.4 Å². The molecule has 1 aliphatic heterocycles. The number of benzene rings is 1. The second kappa shape index (κ2) is 6.25. The summed E-state index contributed by atoms with van der Waals surface area (Å²) in [6.07, 6.45) is 1.19. The number of hydrogen-bond acceptors (Lipinski definition) is 6. The van der Waals surface area contributed by atoms with Crippen molar-refractivity contribution in [3.8, 4) is 0 Å². The van der Waals surface area contributed by atoms with Gasteiger partial charge in [-0.15, -0.1) is 0 Å². The van der Waals surface area contributed by atoms with Gasteiger partial charge in [0.25, 0.3) is 5.91 Å². The van der Waals surface area contributed by atoms with Gasteiger partial charge >= 0.3 is 0 Å². The van der Waals surface area contributed by atoms with Crippen molar-refractivity contribution in [1.82, 2.24) is 9.88 Å². The molecule has 2 amide bonds. The summed E-state index contributed by atoms with van der Waals surface area (Å²) in [5.41, 5.74) is 5.22. The van der Waals surface area contributed by atoms with Crippen LogP contribution in [0.1, 0.15) is 35.3 Å². The maximum absolute atomic E-state index is 14.4. The molecule has 0 spiro atoms. The molecule has 1 aromatic heterocycles. The number of nitrogens with zero attached hydrogens (tertiary/aromatic N) is 3. The predicted octanol–water partition coefficient (Wildman–Crippen LogP) is 1.77. The number of nitrogens with one attached hydrogen (secondary N) is 1. The van der Waals surface area contributed by atoms with E-state index in [1.54, 1.807) is 13.8 Å². The van der Waals surface area contributed by atoms with E-state index in [0.29, 0.717) is 11.6 Å². The number of carbonyl (C=O) groups is 2. The lowest BCUT2D eigenvalue weighted by Crippen LogP contribution is -2.47. The molecule has 8 nitrogen and oxygen atoms in total. The van der Waals surface area contributed by atoms with Crippen LogP contribution in [0.15, 0.2) is 33.9 Å². The fourth-order valence-corrected chi connectivity index (χ4v) is 2.74. The molecule has 1 unspecified atom stereocenters. The number of halogens is 1. The normalized spacial score (nSPS) is 20.1. The van der Waals surface area contributed by atoms with Crippen LogP contribution >= 0.6 is 0 Å². The molecule has 2 heterocycles. The Labute approximate surface area is 148 Å². The molecule has 0 bridgehead atoms. The van der Waals surface area contributed by atoms with Gasteiger partial charge in [0.05, 0.1) is 12.0 Å². The highest BCUT2D eigenvalue weighted by Crippen LogP contribution is 2.35. The third-order valence-corrected chi connectivity index (χ3v) is 4.23. The van der Waals surface area contributed by atoms with Gasteiger partial charge < -0.3 is 15.5 Å². The average Bonchev–Trinajstić information content (AvgIpc) is 3.01. The van der Waals surface area contributed by atoms with Crippen LogP contribution in [0.4, 0.5) is 10.1 Å². The van der Waals surface area contributed by atoms with Gasteiger partial charge in [0, 0.05) is 25.2 Å². The van der Waals surface area contributed by atoms with Crippen molar-refractivity contribution in [2.24, 2.45) is 10.7 Å². The van der Waals surface area contributed by atoms with E-state index in [-0.39, 0.29) is 29.5 Å². The first-order valence-corrected chi connectivity index (χ1v) is 7.85. The molecule has 3 rings (SSSR count). The molecule has 1 atom stereocenters. The predicted molar refractivity (Wildman–Crippen MR) is 92.0 cm³/mol. The Morgan fingerprint density at radius 3 is 2.81 bits per heavy atom. The van der Waals surface area contributed by atoms with E-state index < -0.39 is 17.3 Å². The molecule has 1 aromatic carbocycles. The van der Waals surface area contributed by atoms with Crippen molar-refractivity contribution in [1.29, 1.82) is 0 Å². The molecule has 0 radical (unpaired) electrons. The van der Waals surface area contributed by atoms with Crippen LogP contribution in [0.3, 0.4) is 0 Å². The van der Waals surface area contributed by atoms with Gasteiger partial charge in [-0.1, -0.05) is 0 Å². The Kier molecular flexibility index (Phi) is 4.23. The zero-order valence-corrected chi connectivity index (χ0v) is 14.5. The Morgan fingerprint density at radius 1 is 1.46 bits per heavy atom. The van der Waals surface area contributed by atoms with Crippen LogP contribution in [0.2, 0.25) is 0 Å². The SMILES string of the molecule is Cc1nc(C(=O)Nc2ccc(F)c(C3(C)CC(=O)N(C)C(N)=N3)c2)co1. The molecule has 3 N–H and O–H groups in total. The number of oxazole rings is 1. The minimum atomic E-state index is -1.16. The van der Waals surface area contributed by atoms with Crippen LogP contribution < -0.4 is 11.1 Å². The molecule has 1 aliphatic rings. The van der Waals surface area contributed by atoms with Crippen molar-refractivity contribution in [3.63, 3.8) is 0 Å². The van der Waals surface area contributed by atoms with Gasteiger partial charge in [0.1, 0.15) is 12.1 Å². The lowest BCUT2D eigenvalue weighted by atomic mass is 9.87. The van der Waals surface area contributed by atoms with Gasteiger partial charge in [-0.05, 0) is 25.1 Å². The molecule has 136 valence electrons. The quantitative estimate of drug-likeness (QED) is 0.867.